The van der Waals surface area contributed by atoms with Gasteiger partial charge in [0.25, 0.3) is 5.91 Å². The van der Waals surface area contributed by atoms with Gasteiger partial charge in [-0.2, -0.15) is 4.31 Å². The van der Waals surface area contributed by atoms with E-state index >= 15 is 0 Å². The normalized spacial score (nSPS) is 11.9. The lowest BCUT2D eigenvalue weighted by Gasteiger charge is -2.23. The summed E-state index contributed by atoms with van der Waals surface area (Å²) >= 11 is 5.82. The number of rotatable bonds is 7. The van der Waals surface area contributed by atoms with Gasteiger partial charge in [-0.05, 0) is 38.5 Å². The molecule has 5 nitrogen and oxygen atoms in total. The van der Waals surface area contributed by atoms with Crippen LogP contribution in [0.3, 0.4) is 0 Å². The van der Waals surface area contributed by atoms with Crippen molar-refractivity contribution in [2.24, 2.45) is 0 Å². The minimum atomic E-state index is -3.22. The van der Waals surface area contributed by atoms with Crippen molar-refractivity contribution in [2.75, 3.05) is 19.3 Å². The fourth-order valence-electron chi connectivity index (χ4n) is 1.98. The number of hydrogen-bond acceptors (Lipinski definition) is 3. The van der Waals surface area contributed by atoms with Crippen molar-refractivity contribution in [2.45, 2.75) is 26.3 Å². The lowest BCUT2D eigenvalue weighted by atomic mass is 10.2. The molecular weight excluding hydrogens is 312 g/mol. The highest BCUT2D eigenvalue weighted by Crippen LogP contribution is 2.10. The lowest BCUT2D eigenvalue weighted by Crippen LogP contribution is -2.38. The van der Waals surface area contributed by atoms with E-state index in [9.17, 15) is 13.2 Å². The molecule has 0 heterocycles. The minimum Gasteiger partial charge on any atom is -0.352 e. The Kier molecular flexibility index (Phi) is 6.64. The summed E-state index contributed by atoms with van der Waals surface area (Å²) < 4.78 is 24.6. The van der Waals surface area contributed by atoms with Crippen LogP contribution in [0.5, 0.6) is 0 Å². The summed E-state index contributed by atoms with van der Waals surface area (Å²) in [6.45, 7) is 4.44. The summed E-state index contributed by atoms with van der Waals surface area (Å²) in [6, 6.07) is 6.59. The fraction of sp³-hybridized carbons (Fsp3) is 0.500. The topological polar surface area (TPSA) is 66.5 Å². The predicted octanol–water partition coefficient (Wildman–Crippen LogP) is 2.13. The summed E-state index contributed by atoms with van der Waals surface area (Å²) in [5, 5.41) is 3.26. The van der Waals surface area contributed by atoms with Crippen molar-refractivity contribution in [3.8, 4) is 0 Å². The van der Waals surface area contributed by atoms with E-state index in [0.717, 1.165) is 0 Å². The monoisotopic (exact) mass is 332 g/mol. The maximum absolute atomic E-state index is 11.9. The molecule has 0 aliphatic heterocycles. The van der Waals surface area contributed by atoms with E-state index in [4.69, 9.17) is 11.6 Å². The number of carbonyl (C=O) groups is 1. The number of nitrogens with zero attached hydrogens (tertiary/aromatic N) is 1. The molecule has 1 rings (SSSR count). The molecule has 118 valence electrons. The number of benzene rings is 1. The smallest absolute Gasteiger partial charge is 0.251 e. The van der Waals surface area contributed by atoms with Crippen LogP contribution in [-0.2, 0) is 10.0 Å². The second kappa shape index (κ2) is 7.77. The molecule has 1 aromatic rings. The second-order valence-electron chi connectivity index (χ2n) is 5.09. The first-order chi connectivity index (χ1) is 9.71. The zero-order chi connectivity index (χ0) is 16.0. The Hall–Kier alpha value is -1.11. The van der Waals surface area contributed by atoms with Gasteiger partial charge >= 0.3 is 0 Å². The fourth-order valence-corrected chi connectivity index (χ4v) is 3.39. The van der Waals surface area contributed by atoms with Crippen molar-refractivity contribution >= 4 is 27.5 Å². The highest BCUT2D eigenvalue weighted by molar-refractivity contribution is 7.88. The third-order valence-electron chi connectivity index (χ3n) is 2.93. The molecule has 1 amide bonds. The molecule has 0 spiro atoms. The van der Waals surface area contributed by atoms with Crippen LogP contribution in [0.4, 0.5) is 0 Å². The van der Waals surface area contributed by atoms with Gasteiger partial charge in [-0.1, -0.05) is 17.7 Å². The van der Waals surface area contributed by atoms with Crippen molar-refractivity contribution in [3.05, 3.63) is 34.9 Å². The number of carbonyl (C=O) groups excluding carboxylic acids is 1. The van der Waals surface area contributed by atoms with E-state index < -0.39 is 10.0 Å². The first kappa shape index (κ1) is 17.9. The van der Waals surface area contributed by atoms with Crippen molar-refractivity contribution in [1.29, 1.82) is 0 Å². The molecule has 0 atom stereocenters. The van der Waals surface area contributed by atoms with Gasteiger partial charge in [-0.3, -0.25) is 4.79 Å². The highest BCUT2D eigenvalue weighted by Gasteiger charge is 2.19. The molecule has 0 aromatic heterocycles. The highest BCUT2D eigenvalue weighted by atomic mass is 35.5. The zero-order valence-corrected chi connectivity index (χ0v) is 14.0. The van der Waals surface area contributed by atoms with Crippen molar-refractivity contribution < 1.29 is 13.2 Å². The summed E-state index contributed by atoms with van der Waals surface area (Å²) in [6.07, 6.45) is 1.75. The van der Waals surface area contributed by atoms with Gasteiger partial charge in [0, 0.05) is 29.7 Å². The largest absolute Gasteiger partial charge is 0.352 e. The molecule has 0 saturated carbocycles. The first-order valence-electron chi connectivity index (χ1n) is 6.72. The van der Waals surface area contributed by atoms with Crippen LogP contribution >= 0.6 is 11.6 Å². The van der Waals surface area contributed by atoms with Crippen LogP contribution in [-0.4, -0.2) is 44.0 Å². The predicted molar refractivity (Wildman–Crippen MR) is 85.1 cm³/mol. The van der Waals surface area contributed by atoms with Crippen LogP contribution in [0.1, 0.15) is 30.6 Å². The Balaban J connectivity index is 2.45. The Morgan fingerprint density at radius 3 is 2.57 bits per heavy atom. The Bertz CT molecular complexity index is 588. The van der Waals surface area contributed by atoms with Gasteiger partial charge in [-0.15, -0.1) is 0 Å². The summed E-state index contributed by atoms with van der Waals surface area (Å²) in [4.78, 5) is 11.9. The second-order valence-corrected chi connectivity index (χ2v) is 7.46. The first-order valence-corrected chi connectivity index (χ1v) is 8.95. The minimum absolute atomic E-state index is 0.0939. The average Bonchev–Trinajstić information content (AvgIpc) is 2.36. The summed E-state index contributed by atoms with van der Waals surface area (Å²) in [7, 11) is -3.22. The van der Waals surface area contributed by atoms with E-state index in [2.05, 4.69) is 5.32 Å². The van der Waals surface area contributed by atoms with Gasteiger partial charge in [0.05, 0.1) is 6.26 Å². The Labute approximate surface area is 131 Å². The molecular formula is C14H21ClN2O3S. The van der Waals surface area contributed by atoms with Gasteiger partial charge in [0.2, 0.25) is 10.0 Å². The quantitative estimate of drug-likeness (QED) is 0.778. The van der Waals surface area contributed by atoms with Crippen molar-refractivity contribution in [1.82, 2.24) is 9.62 Å². The molecule has 0 radical (unpaired) electrons. The third-order valence-corrected chi connectivity index (χ3v) is 4.62. The molecule has 0 aliphatic rings. The molecule has 0 unspecified atom stereocenters. The standard InChI is InChI=1S/C14H21ClN2O3S/c1-11(2)17(21(3,19)20)9-5-8-16-14(18)12-6-4-7-13(15)10-12/h4,6-7,10-11H,5,8-9H2,1-3H3,(H,16,18). The maximum atomic E-state index is 11.9. The number of sulfonamides is 1. The molecule has 0 aliphatic carbocycles. The average molecular weight is 333 g/mol. The number of hydrogen-bond donors (Lipinski definition) is 1. The number of halogens is 1. The Morgan fingerprint density at radius 2 is 2.05 bits per heavy atom. The van der Waals surface area contributed by atoms with Crippen LogP contribution < -0.4 is 5.32 Å². The third kappa shape index (κ3) is 6.03. The zero-order valence-electron chi connectivity index (χ0n) is 12.5. The molecule has 21 heavy (non-hydrogen) atoms. The van der Waals surface area contributed by atoms with E-state index in [1.54, 1.807) is 24.3 Å². The summed E-state index contributed by atoms with van der Waals surface area (Å²) in [5.41, 5.74) is 0.492. The van der Waals surface area contributed by atoms with Gasteiger partial charge in [0.1, 0.15) is 0 Å². The summed E-state index contributed by atoms with van der Waals surface area (Å²) in [5.74, 6) is -0.215. The molecule has 0 fully saturated rings. The lowest BCUT2D eigenvalue weighted by molar-refractivity contribution is 0.0952. The van der Waals surface area contributed by atoms with Gasteiger partial charge < -0.3 is 5.32 Å². The van der Waals surface area contributed by atoms with E-state index in [1.165, 1.54) is 10.6 Å². The van der Waals surface area contributed by atoms with Crippen LogP contribution in [0.15, 0.2) is 24.3 Å². The molecule has 1 aromatic carbocycles. The van der Waals surface area contributed by atoms with Crippen molar-refractivity contribution in [3.63, 3.8) is 0 Å². The van der Waals surface area contributed by atoms with Crippen LogP contribution in [0.2, 0.25) is 5.02 Å². The maximum Gasteiger partial charge on any atom is 0.251 e. The van der Waals surface area contributed by atoms with Crippen LogP contribution in [0, 0.1) is 0 Å². The molecule has 1 N–H and O–H groups in total. The molecule has 0 saturated heterocycles. The Morgan fingerprint density at radius 1 is 1.38 bits per heavy atom. The van der Waals surface area contributed by atoms with Crippen LogP contribution in [0.25, 0.3) is 0 Å². The molecule has 7 heteroatoms. The van der Waals surface area contributed by atoms with Gasteiger partial charge in [-0.25, -0.2) is 8.42 Å². The SMILES string of the molecule is CC(C)N(CCCNC(=O)c1cccc(Cl)c1)S(C)(=O)=O. The van der Waals surface area contributed by atoms with E-state index in [1.807, 2.05) is 13.8 Å². The van der Waals surface area contributed by atoms with E-state index in [-0.39, 0.29) is 11.9 Å². The molecule has 0 bridgehead atoms. The number of nitrogens with one attached hydrogen (secondary N) is 1. The van der Waals surface area contributed by atoms with E-state index in [0.29, 0.717) is 30.1 Å². The number of amides is 1. The van der Waals surface area contributed by atoms with Gasteiger partial charge in [0.15, 0.2) is 0 Å².